The maximum absolute atomic E-state index is 13.4. The van der Waals surface area contributed by atoms with Crippen LogP contribution in [-0.2, 0) is 18.3 Å². The molecule has 5 nitrogen and oxygen atoms in total. The quantitative estimate of drug-likeness (QED) is 0.550. The number of amides is 1. The van der Waals surface area contributed by atoms with Crippen LogP contribution >= 0.6 is 0 Å². The van der Waals surface area contributed by atoms with Crippen LogP contribution in [0.3, 0.4) is 0 Å². The van der Waals surface area contributed by atoms with Gasteiger partial charge >= 0.3 is 0 Å². The molecule has 2 aromatic heterocycles. The summed E-state index contributed by atoms with van der Waals surface area (Å²) in [5.74, 6) is 0.186. The molecule has 6 heteroatoms. The first kappa shape index (κ1) is 18.9. The average molecular weight is 391 g/mol. The molecule has 0 aliphatic rings. The van der Waals surface area contributed by atoms with Gasteiger partial charge in [0, 0.05) is 30.4 Å². The minimum Gasteiger partial charge on any atom is -0.464 e. The highest BCUT2D eigenvalue weighted by Crippen LogP contribution is 2.26. The Balaban J connectivity index is 1.61. The molecule has 0 aliphatic carbocycles. The second-order valence-corrected chi connectivity index (χ2v) is 7.32. The zero-order chi connectivity index (χ0) is 20.5. The van der Waals surface area contributed by atoms with Gasteiger partial charge in [-0.05, 0) is 54.8 Å². The number of imidazole rings is 1. The maximum Gasteiger partial charge on any atom is 0.225 e. The summed E-state index contributed by atoms with van der Waals surface area (Å²) in [7, 11) is 1.86. The molecular weight excluding hydrogens is 369 g/mol. The van der Waals surface area contributed by atoms with Gasteiger partial charge in [-0.25, -0.2) is 9.37 Å². The van der Waals surface area contributed by atoms with Crippen LogP contribution in [0.5, 0.6) is 0 Å². The zero-order valence-corrected chi connectivity index (χ0v) is 16.6. The molecule has 1 atom stereocenters. The molecular formula is C23H22FN3O2. The van der Waals surface area contributed by atoms with Crippen molar-refractivity contribution in [1.82, 2.24) is 14.9 Å². The summed E-state index contributed by atoms with van der Waals surface area (Å²) in [6.45, 7) is 4.07. The van der Waals surface area contributed by atoms with Crippen molar-refractivity contribution in [1.29, 1.82) is 0 Å². The van der Waals surface area contributed by atoms with E-state index in [1.165, 1.54) is 12.1 Å². The molecule has 0 bridgehead atoms. The molecule has 2 heterocycles. The molecule has 0 radical (unpaired) electrons. The van der Waals surface area contributed by atoms with Gasteiger partial charge < -0.3 is 14.3 Å². The molecule has 0 spiro atoms. The van der Waals surface area contributed by atoms with Crippen molar-refractivity contribution in [3.8, 4) is 0 Å². The number of hydrogen-bond donors (Lipinski definition) is 1. The number of aromatic nitrogens is 2. The number of furan rings is 1. The van der Waals surface area contributed by atoms with E-state index >= 15 is 0 Å². The Morgan fingerprint density at radius 1 is 1.21 bits per heavy atom. The van der Waals surface area contributed by atoms with E-state index in [-0.39, 0.29) is 18.1 Å². The molecule has 4 aromatic rings. The minimum absolute atomic E-state index is 0.164. The first-order valence-corrected chi connectivity index (χ1v) is 9.41. The van der Waals surface area contributed by atoms with Crippen LogP contribution in [-0.4, -0.2) is 15.5 Å². The number of halogens is 1. The van der Waals surface area contributed by atoms with Gasteiger partial charge in [0.1, 0.15) is 23.3 Å². The summed E-state index contributed by atoms with van der Waals surface area (Å²) in [4.78, 5) is 17.3. The second-order valence-electron chi connectivity index (χ2n) is 7.32. The molecule has 0 aliphatic heterocycles. The van der Waals surface area contributed by atoms with Crippen molar-refractivity contribution in [3.05, 3.63) is 89.0 Å². The van der Waals surface area contributed by atoms with E-state index in [0.29, 0.717) is 5.82 Å². The molecule has 0 saturated heterocycles. The highest BCUT2D eigenvalue weighted by atomic mass is 19.1. The van der Waals surface area contributed by atoms with Crippen molar-refractivity contribution in [3.63, 3.8) is 0 Å². The van der Waals surface area contributed by atoms with Crippen LogP contribution in [0.4, 0.5) is 4.39 Å². The monoisotopic (exact) mass is 391 g/mol. The van der Waals surface area contributed by atoms with Crippen LogP contribution in [0.15, 0.2) is 59.5 Å². The Labute approximate surface area is 168 Å². The number of carbonyl (C=O) groups excluding carboxylic acids is 1. The number of nitrogens with zero attached hydrogens (tertiary/aromatic N) is 2. The average Bonchev–Trinajstić information content (AvgIpc) is 3.27. The lowest BCUT2D eigenvalue weighted by atomic mass is 10.0. The number of carbonyl (C=O) groups is 1. The number of aryl methyl sites for hydroxylation is 3. The maximum atomic E-state index is 13.4. The predicted molar refractivity (Wildman–Crippen MR) is 109 cm³/mol. The topological polar surface area (TPSA) is 60.1 Å². The summed E-state index contributed by atoms with van der Waals surface area (Å²) in [5.41, 5.74) is 4.66. The highest BCUT2D eigenvalue weighted by Gasteiger charge is 2.22. The fraction of sp³-hybridized carbons (Fsp3) is 0.217. The first-order chi connectivity index (χ1) is 13.9. The summed E-state index contributed by atoms with van der Waals surface area (Å²) in [6, 6.07) is 9.64. The van der Waals surface area contributed by atoms with Crippen LogP contribution in [0, 0.1) is 19.7 Å². The van der Waals surface area contributed by atoms with E-state index in [9.17, 15) is 9.18 Å². The molecule has 4 rings (SSSR count). The van der Waals surface area contributed by atoms with Crippen LogP contribution < -0.4 is 5.32 Å². The molecule has 1 amide bonds. The molecule has 148 valence electrons. The summed E-state index contributed by atoms with van der Waals surface area (Å²) >= 11 is 0. The SMILES string of the molecule is Cc1cc2occ(CC(=O)NC(c3ccc(F)cc3)c3nccn3C)c2cc1C. The van der Waals surface area contributed by atoms with Crippen molar-refractivity contribution in [2.75, 3.05) is 0 Å². The standard InChI is InChI=1S/C23H22FN3O2/c1-14-10-19-17(13-29-20(19)11-15(14)2)12-21(28)26-22(23-25-8-9-27(23)3)16-4-6-18(24)7-5-16/h4-11,13,22H,12H2,1-3H3,(H,26,28). The van der Waals surface area contributed by atoms with Crippen molar-refractivity contribution in [2.24, 2.45) is 7.05 Å². The second kappa shape index (κ2) is 7.54. The molecule has 1 unspecified atom stereocenters. The highest BCUT2D eigenvalue weighted by molar-refractivity contribution is 5.88. The Morgan fingerprint density at radius 3 is 2.62 bits per heavy atom. The van der Waals surface area contributed by atoms with Gasteiger partial charge in [0.05, 0.1) is 12.7 Å². The van der Waals surface area contributed by atoms with E-state index < -0.39 is 6.04 Å². The predicted octanol–water partition coefficient (Wildman–Crippen LogP) is 4.37. The number of rotatable bonds is 5. The molecule has 0 saturated carbocycles. The third-order valence-corrected chi connectivity index (χ3v) is 5.25. The Morgan fingerprint density at radius 2 is 1.93 bits per heavy atom. The number of fused-ring (bicyclic) bond motifs is 1. The molecule has 2 aromatic carbocycles. The van der Waals surface area contributed by atoms with Gasteiger partial charge in [-0.3, -0.25) is 4.79 Å². The van der Waals surface area contributed by atoms with Gasteiger partial charge in [0.15, 0.2) is 0 Å². The first-order valence-electron chi connectivity index (χ1n) is 9.41. The lowest BCUT2D eigenvalue weighted by Gasteiger charge is -2.19. The third-order valence-electron chi connectivity index (χ3n) is 5.25. The van der Waals surface area contributed by atoms with Gasteiger partial charge in [-0.2, -0.15) is 0 Å². The number of hydrogen-bond acceptors (Lipinski definition) is 3. The minimum atomic E-state index is -0.481. The Kier molecular flexibility index (Phi) is 4.92. The van der Waals surface area contributed by atoms with Gasteiger partial charge in [-0.1, -0.05) is 12.1 Å². The molecule has 1 N–H and O–H groups in total. The zero-order valence-electron chi connectivity index (χ0n) is 16.6. The third kappa shape index (κ3) is 3.78. The fourth-order valence-corrected chi connectivity index (χ4v) is 3.47. The van der Waals surface area contributed by atoms with E-state index in [1.54, 1.807) is 24.6 Å². The fourth-order valence-electron chi connectivity index (χ4n) is 3.47. The van der Waals surface area contributed by atoms with Crippen LogP contribution in [0.25, 0.3) is 11.0 Å². The summed E-state index contributed by atoms with van der Waals surface area (Å²) in [5, 5.41) is 3.98. The summed E-state index contributed by atoms with van der Waals surface area (Å²) in [6.07, 6.45) is 5.30. The van der Waals surface area contributed by atoms with E-state index in [1.807, 2.05) is 43.8 Å². The largest absolute Gasteiger partial charge is 0.464 e. The van der Waals surface area contributed by atoms with E-state index in [2.05, 4.69) is 10.3 Å². The van der Waals surface area contributed by atoms with Gasteiger partial charge in [0.25, 0.3) is 0 Å². The Bertz CT molecular complexity index is 1170. The smallest absolute Gasteiger partial charge is 0.225 e. The molecule has 0 fully saturated rings. The van der Waals surface area contributed by atoms with Crippen molar-refractivity contribution >= 4 is 16.9 Å². The van der Waals surface area contributed by atoms with Gasteiger partial charge in [-0.15, -0.1) is 0 Å². The Hall–Kier alpha value is -3.41. The summed E-state index contributed by atoms with van der Waals surface area (Å²) < 4.78 is 20.9. The normalized spacial score (nSPS) is 12.3. The van der Waals surface area contributed by atoms with Crippen LogP contribution in [0.2, 0.25) is 0 Å². The van der Waals surface area contributed by atoms with Crippen molar-refractivity contribution < 1.29 is 13.6 Å². The van der Waals surface area contributed by atoms with E-state index in [4.69, 9.17) is 4.42 Å². The van der Waals surface area contributed by atoms with Crippen molar-refractivity contribution in [2.45, 2.75) is 26.3 Å². The lowest BCUT2D eigenvalue weighted by Crippen LogP contribution is -2.32. The van der Waals surface area contributed by atoms with Gasteiger partial charge in [0.2, 0.25) is 5.91 Å². The van der Waals surface area contributed by atoms with E-state index in [0.717, 1.165) is 33.2 Å². The van der Waals surface area contributed by atoms with Crippen LogP contribution in [0.1, 0.15) is 34.1 Å². The number of nitrogens with one attached hydrogen (secondary N) is 1. The molecule has 29 heavy (non-hydrogen) atoms. The lowest BCUT2D eigenvalue weighted by molar-refractivity contribution is -0.121. The number of benzene rings is 2.